The highest BCUT2D eigenvalue weighted by molar-refractivity contribution is 6.22. The van der Waals surface area contributed by atoms with Crippen LogP contribution in [0.25, 0.3) is 0 Å². The first kappa shape index (κ1) is 8.84. The van der Waals surface area contributed by atoms with Crippen LogP contribution in [0.3, 0.4) is 0 Å². The van der Waals surface area contributed by atoms with Gasteiger partial charge in [-0.25, -0.2) is 0 Å². The van der Waals surface area contributed by atoms with Crippen LogP contribution in [0.2, 0.25) is 0 Å². The third kappa shape index (κ3) is 1.86. The van der Waals surface area contributed by atoms with Gasteiger partial charge in [0, 0.05) is 5.87 Å². The molecule has 1 heterocycles. The molecule has 0 bridgehead atoms. The SMILES string of the molecule is N#CC(=C=N)C1=NC(=O)CC(=O)N1. The number of rotatable bonds is 1. The number of carbonyl (C=O) groups excluding carboxylic acids is 2. The summed E-state index contributed by atoms with van der Waals surface area (Å²) in [5, 5.41) is 17.3. The topological polar surface area (TPSA) is 106 Å². The Kier molecular flexibility index (Phi) is 2.33. The molecule has 0 unspecified atom stereocenters. The van der Waals surface area contributed by atoms with Crippen LogP contribution in [0, 0.1) is 16.7 Å². The van der Waals surface area contributed by atoms with Crippen molar-refractivity contribution in [2.45, 2.75) is 6.42 Å². The molecule has 0 atom stereocenters. The van der Waals surface area contributed by atoms with Crippen LogP contribution in [-0.2, 0) is 9.59 Å². The molecule has 1 aliphatic heterocycles. The minimum absolute atomic E-state index is 0.196. The largest absolute Gasteiger partial charge is 0.308 e. The van der Waals surface area contributed by atoms with Crippen LogP contribution in [0.15, 0.2) is 10.6 Å². The van der Waals surface area contributed by atoms with Gasteiger partial charge < -0.3 is 5.32 Å². The quantitative estimate of drug-likeness (QED) is 0.308. The Balaban J connectivity index is 3.07. The zero-order chi connectivity index (χ0) is 9.84. The van der Waals surface area contributed by atoms with Crippen molar-refractivity contribution in [2.24, 2.45) is 4.99 Å². The Bertz CT molecular complexity index is 395. The van der Waals surface area contributed by atoms with Crippen LogP contribution < -0.4 is 5.32 Å². The van der Waals surface area contributed by atoms with E-state index in [2.05, 4.69) is 10.3 Å². The molecule has 2 amide bonds. The van der Waals surface area contributed by atoms with E-state index in [1.54, 1.807) is 11.9 Å². The molecule has 0 saturated heterocycles. The van der Waals surface area contributed by atoms with E-state index in [4.69, 9.17) is 10.7 Å². The highest BCUT2D eigenvalue weighted by Crippen LogP contribution is 1.99. The van der Waals surface area contributed by atoms with Crippen LogP contribution in [-0.4, -0.2) is 23.5 Å². The lowest BCUT2D eigenvalue weighted by Gasteiger charge is -2.09. The van der Waals surface area contributed by atoms with E-state index in [0.29, 0.717) is 0 Å². The number of aliphatic imine (C=N–C) groups is 1. The Labute approximate surface area is 73.1 Å². The second-order valence-electron chi connectivity index (χ2n) is 2.19. The predicted octanol–water partition coefficient (Wildman–Crippen LogP) is -0.870. The molecule has 0 aliphatic carbocycles. The summed E-state index contributed by atoms with van der Waals surface area (Å²) in [7, 11) is 0. The van der Waals surface area contributed by atoms with Gasteiger partial charge in [0.1, 0.15) is 12.5 Å². The number of nitriles is 1. The van der Waals surface area contributed by atoms with Gasteiger partial charge in [0.05, 0.1) is 0 Å². The van der Waals surface area contributed by atoms with Crippen molar-refractivity contribution in [3.8, 4) is 6.07 Å². The van der Waals surface area contributed by atoms with Crippen molar-refractivity contribution in [2.75, 3.05) is 0 Å². The van der Waals surface area contributed by atoms with E-state index in [1.807, 2.05) is 0 Å². The summed E-state index contributed by atoms with van der Waals surface area (Å²) < 4.78 is 0. The summed E-state index contributed by atoms with van der Waals surface area (Å²) in [5.74, 6) is 0.422. The second kappa shape index (κ2) is 3.43. The highest BCUT2D eigenvalue weighted by Gasteiger charge is 2.20. The van der Waals surface area contributed by atoms with Crippen molar-refractivity contribution in [3.63, 3.8) is 0 Å². The number of amidine groups is 1. The summed E-state index contributed by atoms with van der Waals surface area (Å²) in [4.78, 5) is 24.9. The van der Waals surface area contributed by atoms with E-state index in [1.165, 1.54) is 0 Å². The lowest BCUT2D eigenvalue weighted by molar-refractivity contribution is -0.127. The van der Waals surface area contributed by atoms with Gasteiger partial charge in [-0.2, -0.15) is 10.3 Å². The fourth-order valence-corrected chi connectivity index (χ4v) is 0.764. The molecule has 0 saturated carbocycles. The highest BCUT2D eigenvalue weighted by atomic mass is 16.2. The van der Waals surface area contributed by atoms with Gasteiger partial charge in [-0.05, 0) is 0 Å². The lowest BCUT2D eigenvalue weighted by Crippen LogP contribution is -2.37. The summed E-state index contributed by atoms with van der Waals surface area (Å²) in [6.07, 6.45) is -0.319. The number of hydrogen-bond donors (Lipinski definition) is 2. The predicted molar refractivity (Wildman–Crippen MR) is 42.1 cm³/mol. The molecule has 2 N–H and O–H groups in total. The second-order valence-corrected chi connectivity index (χ2v) is 2.19. The summed E-state index contributed by atoms with van der Waals surface area (Å²) in [6, 6.07) is 1.58. The molecule has 6 heteroatoms. The molecule has 0 aromatic rings. The number of nitrogens with zero attached hydrogens (tertiary/aromatic N) is 2. The smallest absolute Gasteiger partial charge is 0.257 e. The molecule has 0 aromatic carbocycles. The number of amides is 2. The van der Waals surface area contributed by atoms with E-state index in [-0.39, 0.29) is 17.8 Å². The minimum Gasteiger partial charge on any atom is -0.308 e. The van der Waals surface area contributed by atoms with E-state index < -0.39 is 11.8 Å². The zero-order valence-electron chi connectivity index (χ0n) is 6.42. The monoisotopic (exact) mass is 176 g/mol. The third-order valence-corrected chi connectivity index (χ3v) is 1.28. The fraction of sp³-hybridized carbons (Fsp3) is 0.143. The molecule has 0 radical (unpaired) electrons. The molecule has 0 fully saturated rings. The molecule has 0 aromatic heterocycles. The maximum atomic E-state index is 10.8. The Hall–Kier alpha value is -2.25. The summed E-state index contributed by atoms with van der Waals surface area (Å²) in [5.41, 5.74) is -0.263. The van der Waals surface area contributed by atoms with Crippen LogP contribution >= 0.6 is 0 Å². The van der Waals surface area contributed by atoms with Gasteiger partial charge in [-0.15, -0.1) is 0 Å². The van der Waals surface area contributed by atoms with Crippen molar-refractivity contribution in [1.29, 1.82) is 10.7 Å². The first-order valence-corrected chi connectivity index (χ1v) is 3.29. The fourth-order valence-electron chi connectivity index (χ4n) is 0.764. The van der Waals surface area contributed by atoms with E-state index in [9.17, 15) is 9.59 Å². The van der Waals surface area contributed by atoms with Crippen LogP contribution in [0.1, 0.15) is 6.42 Å². The molecule has 0 spiro atoms. The summed E-state index contributed by atoms with van der Waals surface area (Å²) in [6.45, 7) is 0. The van der Waals surface area contributed by atoms with Gasteiger partial charge in [0.25, 0.3) is 5.91 Å². The maximum absolute atomic E-state index is 10.8. The Morgan fingerprint density at radius 1 is 1.62 bits per heavy atom. The average Bonchev–Trinajstić information content (AvgIpc) is 2.04. The van der Waals surface area contributed by atoms with Gasteiger partial charge in [-0.1, -0.05) is 0 Å². The van der Waals surface area contributed by atoms with Crippen LogP contribution in [0.4, 0.5) is 0 Å². The normalized spacial score (nSPS) is 15.2. The summed E-state index contributed by atoms with van der Waals surface area (Å²) >= 11 is 0. The third-order valence-electron chi connectivity index (χ3n) is 1.28. The number of hydrogen-bond acceptors (Lipinski definition) is 4. The molecule has 64 valence electrons. The van der Waals surface area contributed by atoms with Crippen molar-refractivity contribution in [1.82, 2.24) is 5.32 Å². The van der Waals surface area contributed by atoms with E-state index in [0.717, 1.165) is 0 Å². The molecule has 13 heavy (non-hydrogen) atoms. The maximum Gasteiger partial charge on any atom is 0.257 e. The number of nitrogens with one attached hydrogen (secondary N) is 2. The minimum atomic E-state index is -0.623. The standard InChI is InChI=1S/C7H4N4O2/c8-2-4(3-9)7-10-5(12)1-6(13)11-7/h8H,1H2,(H,10,11,12,13). The first-order chi connectivity index (χ1) is 6.17. The lowest BCUT2D eigenvalue weighted by atomic mass is 10.2. The van der Waals surface area contributed by atoms with Gasteiger partial charge in [-0.3, -0.25) is 15.0 Å². The molecule has 1 aliphatic rings. The van der Waals surface area contributed by atoms with Gasteiger partial charge in [0.15, 0.2) is 11.4 Å². The van der Waals surface area contributed by atoms with Crippen LogP contribution in [0.5, 0.6) is 0 Å². The number of carbonyl (C=O) groups is 2. The van der Waals surface area contributed by atoms with Crippen molar-refractivity contribution < 1.29 is 9.59 Å². The molecular weight excluding hydrogens is 172 g/mol. The molecular formula is C7H4N4O2. The molecule has 6 nitrogen and oxygen atoms in total. The first-order valence-electron chi connectivity index (χ1n) is 3.29. The van der Waals surface area contributed by atoms with Crippen molar-refractivity contribution >= 4 is 23.5 Å². The average molecular weight is 176 g/mol. The molecule has 1 rings (SSSR count). The van der Waals surface area contributed by atoms with Crippen molar-refractivity contribution in [3.05, 3.63) is 5.57 Å². The Morgan fingerprint density at radius 3 is 2.77 bits per heavy atom. The van der Waals surface area contributed by atoms with Gasteiger partial charge in [0.2, 0.25) is 5.91 Å². The zero-order valence-corrected chi connectivity index (χ0v) is 6.42. The van der Waals surface area contributed by atoms with E-state index >= 15 is 0 Å². The van der Waals surface area contributed by atoms with Gasteiger partial charge >= 0.3 is 0 Å². The Morgan fingerprint density at radius 2 is 2.31 bits per heavy atom.